The van der Waals surface area contributed by atoms with Gasteiger partial charge in [-0.15, -0.1) is 0 Å². The summed E-state index contributed by atoms with van der Waals surface area (Å²) in [5.41, 5.74) is 0.707. The Balaban J connectivity index is 2.75. The Morgan fingerprint density at radius 3 is 2.33 bits per heavy atom. The van der Waals surface area contributed by atoms with Gasteiger partial charge in [0.05, 0.1) is 13.5 Å². The molecule has 1 N–H and O–H groups in total. The van der Waals surface area contributed by atoms with E-state index in [1.165, 1.54) is 4.90 Å². The van der Waals surface area contributed by atoms with Crippen LogP contribution in [0, 0.1) is 5.92 Å². The van der Waals surface area contributed by atoms with E-state index < -0.39 is 11.9 Å². The van der Waals surface area contributed by atoms with E-state index in [4.69, 9.17) is 9.84 Å². The third-order valence-corrected chi connectivity index (χ3v) is 2.69. The maximum atomic E-state index is 12.0. The van der Waals surface area contributed by atoms with Gasteiger partial charge in [0.25, 0.3) is 0 Å². The van der Waals surface area contributed by atoms with Crippen LogP contribution in [0.1, 0.15) is 13.3 Å². The van der Waals surface area contributed by atoms with Crippen molar-refractivity contribution in [2.24, 2.45) is 5.92 Å². The first-order valence-corrected chi connectivity index (χ1v) is 5.59. The Kier molecular flexibility index (Phi) is 4.71. The molecular weight excluding hydrogens is 234 g/mol. The van der Waals surface area contributed by atoms with Crippen molar-refractivity contribution in [1.29, 1.82) is 0 Å². The Hall–Kier alpha value is -2.04. The highest BCUT2D eigenvalue weighted by Crippen LogP contribution is 2.20. The molecule has 0 spiro atoms. The van der Waals surface area contributed by atoms with Gasteiger partial charge in [0.1, 0.15) is 5.75 Å². The third-order valence-electron chi connectivity index (χ3n) is 2.69. The molecular formula is C13H17NO4. The molecule has 0 radical (unpaired) electrons. The first-order chi connectivity index (χ1) is 8.45. The molecule has 18 heavy (non-hydrogen) atoms. The van der Waals surface area contributed by atoms with E-state index in [1.807, 2.05) is 0 Å². The molecule has 0 aliphatic rings. The highest BCUT2D eigenvalue weighted by molar-refractivity contribution is 5.95. The van der Waals surface area contributed by atoms with Gasteiger partial charge in [0.2, 0.25) is 5.91 Å². The van der Waals surface area contributed by atoms with Gasteiger partial charge in [-0.2, -0.15) is 0 Å². The molecule has 0 fully saturated rings. The first-order valence-electron chi connectivity index (χ1n) is 5.59. The van der Waals surface area contributed by atoms with Crippen molar-refractivity contribution >= 4 is 17.6 Å². The number of carboxylic acids is 1. The molecule has 1 aromatic rings. The third kappa shape index (κ3) is 3.48. The first kappa shape index (κ1) is 14.0. The maximum Gasteiger partial charge on any atom is 0.304 e. The van der Waals surface area contributed by atoms with Crippen LogP contribution in [0.4, 0.5) is 5.69 Å². The Labute approximate surface area is 106 Å². The van der Waals surface area contributed by atoms with E-state index in [0.717, 1.165) is 0 Å². The molecule has 0 saturated carbocycles. The standard InChI is InChI=1S/C13H17NO4/c1-9(8-12(15)16)13(17)14(2)10-4-6-11(18-3)7-5-10/h4-7,9H,8H2,1-3H3,(H,15,16). The molecule has 0 aromatic heterocycles. The van der Waals surface area contributed by atoms with Crippen LogP contribution in [0.25, 0.3) is 0 Å². The number of hydrogen-bond acceptors (Lipinski definition) is 3. The van der Waals surface area contributed by atoms with Crippen molar-refractivity contribution in [3.8, 4) is 5.75 Å². The fourth-order valence-corrected chi connectivity index (χ4v) is 1.61. The fourth-order valence-electron chi connectivity index (χ4n) is 1.61. The predicted molar refractivity (Wildman–Crippen MR) is 67.8 cm³/mol. The van der Waals surface area contributed by atoms with Crippen LogP contribution >= 0.6 is 0 Å². The topological polar surface area (TPSA) is 66.8 Å². The summed E-state index contributed by atoms with van der Waals surface area (Å²) >= 11 is 0. The van der Waals surface area contributed by atoms with Crippen LogP contribution in [0.3, 0.4) is 0 Å². The van der Waals surface area contributed by atoms with E-state index in [2.05, 4.69) is 0 Å². The smallest absolute Gasteiger partial charge is 0.304 e. The number of carboxylic acid groups (broad SMARTS) is 1. The number of nitrogens with zero attached hydrogens (tertiary/aromatic N) is 1. The molecule has 0 aliphatic heterocycles. The minimum absolute atomic E-state index is 0.167. The van der Waals surface area contributed by atoms with Gasteiger partial charge < -0.3 is 14.7 Å². The zero-order valence-corrected chi connectivity index (χ0v) is 10.7. The normalized spacial score (nSPS) is 11.7. The number of anilines is 1. The second-order valence-electron chi connectivity index (χ2n) is 4.09. The molecule has 5 heteroatoms. The molecule has 0 aliphatic carbocycles. The lowest BCUT2D eigenvalue weighted by atomic mass is 10.1. The van der Waals surface area contributed by atoms with Crippen molar-refractivity contribution in [2.75, 3.05) is 19.1 Å². The second-order valence-corrected chi connectivity index (χ2v) is 4.09. The number of hydrogen-bond donors (Lipinski definition) is 1. The van der Waals surface area contributed by atoms with Gasteiger partial charge >= 0.3 is 5.97 Å². The molecule has 0 heterocycles. The van der Waals surface area contributed by atoms with Crippen molar-refractivity contribution < 1.29 is 19.4 Å². The summed E-state index contributed by atoms with van der Waals surface area (Å²) < 4.78 is 5.03. The van der Waals surface area contributed by atoms with Gasteiger partial charge in [-0.1, -0.05) is 6.92 Å². The van der Waals surface area contributed by atoms with Crippen molar-refractivity contribution in [1.82, 2.24) is 0 Å². The molecule has 0 bridgehead atoms. The zero-order chi connectivity index (χ0) is 13.7. The summed E-state index contributed by atoms with van der Waals surface area (Å²) in [5.74, 6) is -1.03. The summed E-state index contributed by atoms with van der Waals surface area (Å²) in [5, 5.41) is 8.67. The molecule has 1 atom stereocenters. The number of carbonyl (C=O) groups excluding carboxylic acids is 1. The molecule has 5 nitrogen and oxygen atoms in total. The summed E-state index contributed by atoms with van der Waals surface area (Å²) in [6.45, 7) is 1.61. The number of methoxy groups -OCH3 is 1. The van der Waals surface area contributed by atoms with Crippen LogP contribution in [0.2, 0.25) is 0 Å². The van der Waals surface area contributed by atoms with Gasteiger partial charge in [0.15, 0.2) is 0 Å². The van der Waals surface area contributed by atoms with Crippen LogP contribution < -0.4 is 9.64 Å². The van der Waals surface area contributed by atoms with E-state index >= 15 is 0 Å². The van der Waals surface area contributed by atoms with E-state index in [1.54, 1.807) is 45.3 Å². The van der Waals surface area contributed by atoms with Crippen molar-refractivity contribution in [3.05, 3.63) is 24.3 Å². The van der Waals surface area contributed by atoms with E-state index in [-0.39, 0.29) is 12.3 Å². The molecule has 98 valence electrons. The van der Waals surface area contributed by atoms with Crippen LogP contribution in [0.5, 0.6) is 5.75 Å². The molecule has 1 aromatic carbocycles. The van der Waals surface area contributed by atoms with Crippen LogP contribution in [-0.2, 0) is 9.59 Å². The molecule has 1 unspecified atom stereocenters. The Morgan fingerprint density at radius 1 is 1.33 bits per heavy atom. The average Bonchev–Trinajstić information content (AvgIpc) is 2.36. The lowest BCUT2D eigenvalue weighted by Crippen LogP contribution is -2.32. The predicted octanol–water partition coefficient (Wildman–Crippen LogP) is 1.77. The van der Waals surface area contributed by atoms with Gasteiger partial charge in [-0.05, 0) is 24.3 Å². The summed E-state index contributed by atoms with van der Waals surface area (Å²) in [6, 6.07) is 7.01. The summed E-state index contributed by atoms with van der Waals surface area (Å²) in [4.78, 5) is 24.0. The number of ether oxygens (including phenoxy) is 1. The zero-order valence-electron chi connectivity index (χ0n) is 10.7. The maximum absolute atomic E-state index is 12.0. The van der Waals surface area contributed by atoms with Gasteiger partial charge in [-0.3, -0.25) is 9.59 Å². The lowest BCUT2D eigenvalue weighted by Gasteiger charge is -2.20. The largest absolute Gasteiger partial charge is 0.497 e. The Bertz CT molecular complexity index is 427. The lowest BCUT2D eigenvalue weighted by molar-refractivity contribution is -0.140. The van der Waals surface area contributed by atoms with Crippen molar-refractivity contribution in [2.45, 2.75) is 13.3 Å². The quantitative estimate of drug-likeness (QED) is 0.866. The van der Waals surface area contributed by atoms with Gasteiger partial charge in [0, 0.05) is 18.7 Å². The minimum Gasteiger partial charge on any atom is -0.497 e. The number of aliphatic carboxylic acids is 1. The molecule has 0 saturated heterocycles. The van der Waals surface area contributed by atoms with Gasteiger partial charge in [-0.25, -0.2) is 0 Å². The highest BCUT2D eigenvalue weighted by atomic mass is 16.5. The summed E-state index contributed by atoms with van der Waals surface area (Å²) in [7, 11) is 3.20. The fraction of sp³-hybridized carbons (Fsp3) is 0.385. The number of amides is 1. The summed E-state index contributed by atoms with van der Waals surface area (Å²) in [6.07, 6.45) is -0.167. The van der Waals surface area contributed by atoms with Crippen LogP contribution in [-0.4, -0.2) is 31.1 Å². The Morgan fingerprint density at radius 2 is 1.89 bits per heavy atom. The minimum atomic E-state index is -0.973. The van der Waals surface area contributed by atoms with E-state index in [9.17, 15) is 9.59 Å². The number of rotatable bonds is 5. The van der Waals surface area contributed by atoms with Crippen LogP contribution in [0.15, 0.2) is 24.3 Å². The average molecular weight is 251 g/mol. The second kappa shape index (κ2) is 6.05. The van der Waals surface area contributed by atoms with E-state index in [0.29, 0.717) is 11.4 Å². The molecule has 1 rings (SSSR count). The molecule has 1 amide bonds. The van der Waals surface area contributed by atoms with Crippen molar-refractivity contribution in [3.63, 3.8) is 0 Å². The number of carbonyl (C=O) groups is 2. The SMILES string of the molecule is COc1ccc(N(C)C(=O)C(C)CC(=O)O)cc1. The number of benzene rings is 1. The highest BCUT2D eigenvalue weighted by Gasteiger charge is 2.21. The monoisotopic (exact) mass is 251 g/mol.